The Morgan fingerprint density at radius 3 is 2.34 bits per heavy atom. The van der Waals surface area contributed by atoms with Gasteiger partial charge < -0.3 is 14.6 Å². The third kappa shape index (κ3) is 4.76. The molecule has 2 aliphatic carbocycles. The van der Waals surface area contributed by atoms with E-state index in [4.69, 9.17) is 9.47 Å². The lowest BCUT2D eigenvalue weighted by Crippen LogP contribution is -2.55. The van der Waals surface area contributed by atoms with Crippen molar-refractivity contribution in [2.75, 3.05) is 0 Å². The minimum atomic E-state index is -0.961. The molecule has 0 aromatic rings. The van der Waals surface area contributed by atoms with Crippen LogP contribution in [0.1, 0.15) is 80.6 Å². The first kappa shape index (κ1) is 23.7. The number of aliphatic hydroxyl groups is 1. The Morgan fingerprint density at radius 1 is 1.24 bits per heavy atom. The number of esters is 2. The molecule has 0 bridgehead atoms. The molecule has 1 N–H and O–H groups in total. The van der Waals surface area contributed by atoms with Crippen LogP contribution < -0.4 is 0 Å². The number of carbonyl (C=O) groups is 2. The van der Waals surface area contributed by atoms with Gasteiger partial charge in [0.2, 0.25) is 0 Å². The van der Waals surface area contributed by atoms with E-state index >= 15 is 0 Å². The molecule has 0 spiro atoms. The fourth-order valence-electron chi connectivity index (χ4n) is 5.25. The van der Waals surface area contributed by atoms with Crippen molar-refractivity contribution in [2.45, 2.75) is 98.4 Å². The molecule has 164 valence electrons. The van der Waals surface area contributed by atoms with Gasteiger partial charge in [-0.15, -0.1) is 6.58 Å². The van der Waals surface area contributed by atoms with Gasteiger partial charge in [-0.1, -0.05) is 39.3 Å². The molecule has 0 aromatic heterocycles. The first-order valence-corrected chi connectivity index (χ1v) is 10.7. The highest BCUT2D eigenvalue weighted by atomic mass is 16.6. The van der Waals surface area contributed by atoms with Gasteiger partial charge in [0.25, 0.3) is 0 Å². The van der Waals surface area contributed by atoms with Crippen molar-refractivity contribution in [3.63, 3.8) is 0 Å². The number of hydrogen-bond acceptors (Lipinski definition) is 5. The summed E-state index contributed by atoms with van der Waals surface area (Å²) >= 11 is 0. The van der Waals surface area contributed by atoms with Gasteiger partial charge in [0, 0.05) is 19.8 Å². The van der Waals surface area contributed by atoms with Gasteiger partial charge in [-0.25, -0.2) is 0 Å². The summed E-state index contributed by atoms with van der Waals surface area (Å²) in [6.45, 7) is 16.9. The molecule has 0 aromatic carbocycles. The van der Waals surface area contributed by atoms with E-state index in [1.165, 1.54) is 19.4 Å². The average Bonchev–Trinajstić information content (AvgIpc) is 2.60. The number of rotatable bonds is 6. The lowest BCUT2D eigenvalue weighted by atomic mass is 9.53. The Hall–Kier alpha value is -1.62. The summed E-state index contributed by atoms with van der Waals surface area (Å²) in [5.74, 6) is -0.813. The van der Waals surface area contributed by atoms with Crippen LogP contribution >= 0.6 is 0 Å². The molecule has 0 unspecified atom stereocenters. The number of carbonyl (C=O) groups excluding carboxylic acids is 2. The summed E-state index contributed by atoms with van der Waals surface area (Å²) < 4.78 is 11.6. The molecule has 5 heteroatoms. The molecule has 5 nitrogen and oxygen atoms in total. The van der Waals surface area contributed by atoms with Crippen molar-refractivity contribution in [3.05, 3.63) is 23.8 Å². The first-order valence-electron chi connectivity index (χ1n) is 10.7. The van der Waals surface area contributed by atoms with Crippen LogP contribution in [0, 0.1) is 16.7 Å². The second-order valence-electron chi connectivity index (χ2n) is 10.0. The van der Waals surface area contributed by atoms with Crippen LogP contribution in [0.15, 0.2) is 23.8 Å². The molecule has 5 atom stereocenters. The first-order chi connectivity index (χ1) is 13.2. The van der Waals surface area contributed by atoms with E-state index in [9.17, 15) is 14.7 Å². The fraction of sp³-hybridized carbons (Fsp3) is 0.750. The van der Waals surface area contributed by atoms with E-state index in [0.29, 0.717) is 6.42 Å². The molecule has 0 fully saturated rings. The van der Waals surface area contributed by atoms with Crippen molar-refractivity contribution < 1.29 is 24.2 Å². The standard InChI is InChI=1S/C24H38O5/c1-9-23(7,27)13-14-24(8)15(2)20(28-16(3)25)21(29-17(4)26)19-18(24)11-10-12-22(19,5)6/h9,15,20-21,27H,1,10-14H2,2-8H3/t15-,20-,21+,23+,24-/m1/s1. The molecule has 0 aliphatic heterocycles. The second kappa shape index (κ2) is 8.25. The SMILES string of the molecule is C=C[C@](C)(O)CC[C@@]1(C)C2=C([C@H](OC(C)=O)[C@H](OC(C)=O)[C@H]1C)C(C)(C)CCC2. The molecular formula is C24H38O5. The lowest BCUT2D eigenvalue weighted by Gasteiger charge is -2.54. The Kier molecular flexibility index (Phi) is 6.73. The minimum Gasteiger partial charge on any atom is -0.458 e. The highest BCUT2D eigenvalue weighted by molar-refractivity contribution is 5.68. The van der Waals surface area contributed by atoms with Crippen molar-refractivity contribution in [3.8, 4) is 0 Å². The molecule has 29 heavy (non-hydrogen) atoms. The summed E-state index contributed by atoms with van der Waals surface area (Å²) in [5, 5.41) is 10.5. The lowest BCUT2D eigenvalue weighted by molar-refractivity contribution is -0.174. The fourth-order valence-corrected chi connectivity index (χ4v) is 5.25. The van der Waals surface area contributed by atoms with Crippen LogP contribution in [0.4, 0.5) is 0 Å². The van der Waals surface area contributed by atoms with E-state index in [2.05, 4.69) is 34.3 Å². The van der Waals surface area contributed by atoms with Crippen molar-refractivity contribution in [2.24, 2.45) is 16.7 Å². The van der Waals surface area contributed by atoms with Crippen molar-refractivity contribution >= 4 is 11.9 Å². The highest BCUT2D eigenvalue weighted by Crippen LogP contribution is 2.58. The van der Waals surface area contributed by atoms with Crippen LogP contribution in [-0.4, -0.2) is 34.9 Å². The zero-order valence-corrected chi connectivity index (χ0v) is 19.1. The van der Waals surface area contributed by atoms with Gasteiger partial charge in [0.05, 0.1) is 5.60 Å². The van der Waals surface area contributed by atoms with Crippen LogP contribution in [0.5, 0.6) is 0 Å². The third-order valence-electron chi connectivity index (χ3n) is 7.24. The summed E-state index contributed by atoms with van der Waals surface area (Å²) in [6.07, 6.45) is 4.74. The normalized spacial score (nSPS) is 33.3. The topological polar surface area (TPSA) is 72.8 Å². The van der Waals surface area contributed by atoms with Gasteiger partial charge in [-0.2, -0.15) is 0 Å². The summed E-state index contributed by atoms with van der Waals surface area (Å²) in [4.78, 5) is 23.9. The van der Waals surface area contributed by atoms with Gasteiger partial charge >= 0.3 is 11.9 Å². The van der Waals surface area contributed by atoms with E-state index in [-0.39, 0.29) is 28.7 Å². The Balaban J connectivity index is 2.64. The molecular weight excluding hydrogens is 368 g/mol. The number of hydrogen-bond donors (Lipinski definition) is 1. The van der Waals surface area contributed by atoms with Crippen LogP contribution in [0.3, 0.4) is 0 Å². The average molecular weight is 407 g/mol. The van der Waals surface area contributed by atoms with Crippen molar-refractivity contribution in [1.29, 1.82) is 0 Å². The van der Waals surface area contributed by atoms with E-state index in [1.807, 2.05) is 0 Å². The molecule has 2 aliphatic rings. The maximum atomic E-state index is 12.0. The maximum absolute atomic E-state index is 12.0. The zero-order chi connectivity index (χ0) is 22.2. The Morgan fingerprint density at radius 2 is 1.83 bits per heavy atom. The Labute approximate surface area is 175 Å². The summed E-state index contributed by atoms with van der Waals surface area (Å²) in [7, 11) is 0. The van der Waals surface area contributed by atoms with E-state index in [0.717, 1.165) is 31.3 Å². The van der Waals surface area contributed by atoms with Crippen LogP contribution in [0.2, 0.25) is 0 Å². The Bertz CT molecular complexity index is 702. The largest absolute Gasteiger partial charge is 0.458 e. The summed E-state index contributed by atoms with van der Waals surface area (Å²) in [5.41, 5.74) is 1.00. The molecule has 0 radical (unpaired) electrons. The monoisotopic (exact) mass is 406 g/mol. The number of ether oxygens (including phenoxy) is 2. The molecule has 0 saturated heterocycles. The maximum Gasteiger partial charge on any atom is 0.303 e. The smallest absolute Gasteiger partial charge is 0.303 e. The van der Waals surface area contributed by atoms with E-state index in [1.54, 1.807) is 13.0 Å². The molecule has 0 heterocycles. The molecule has 2 rings (SSSR count). The minimum absolute atomic E-state index is 0.0657. The predicted molar refractivity (Wildman–Crippen MR) is 113 cm³/mol. The van der Waals surface area contributed by atoms with Gasteiger partial charge in [-0.05, 0) is 55.4 Å². The van der Waals surface area contributed by atoms with Gasteiger partial charge in [-0.3, -0.25) is 9.59 Å². The predicted octanol–water partition coefficient (Wildman–Crippen LogP) is 4.73. The van der Waals surface area contributed by atoms with Gasteiger partial charge in [0.1, 0.15) is 6.10 Å². The van der Waals surface area contributed by atoms with Gasteiger partial charge in [0.15, 0.2) is 6.10 Å². The highest BCUT2D eigenvalue weighted by Gasteiger charge is 2.55. The molecule has 0 saturated carbocycles. The van der Waals surface area contributed by atoms with Crippen LogP contribution in [-0.2, 0) is 19.1 Å². The number of allylic oxidation sites excluding steroid dienone is 1. The van der Waals surface area contributed by atoms with Crippen molar-refractivity contribution in [1.82, 2.24) is 0 Å². The van der Waals surface area contributed by atoms with E-state index < -0.39 is 17.8 Å². The van der Waals surface area contributed by atoms with Crippen LogP contribution in [0.25, 0.3) is 0 Å². The third-order valence-corrected chi connectivity index (χ3v) is 7.24. The molecule has 0 amide bonds. The second-order valence-corrected chi connectivity index (χ2v) is 10.0. The zero-order valence-electron chi connectivity index (χ0n) is 19.1. The summed E-state index contributed by atoms with van der Waals surface area (Å²) in [6, 6.07) is 0. The quantitative estimate of drug-likeness (QED) is 0.510.